The lowest BCUT2D eigenvalue weighted by atomic mass is 10.0. The molecule has 0 aromatic carbocycles. The lowest BCUT2D eigenvalue weighted by Crippen LogP contribution is -2.30. The molecular weight excluding hydrogens is 250 g/mol. The van der Waals surface area contributed by atoms with Crippen LogP contribution >= 0.6 is 24.2 Å². The fourth-order valence-electron chi connectivity index (χ4n) is 2.95. The van der Waals surface area contributed by atoms with Gasteiger partial charge in [-0.3, -0.25) is 0 Å². The highest BCUT2D eigenvalue weighted by Gasteiger charge is 2.14. The van der Waals surface area contributed by atoms with Gasteiger partial charge in [0.05, 0.1) is 0 Å². The monoisotopic (exact) mass is 277 g/mol. The molecule has 2 fully saturated rings. The van der Waals surface area contributed by atoms with Crippen LogP contribution in [0.2, 0.25) is 0 Å². The van der Waals surface area contributed by atoms with E-state index in [9.17, 15) is 0 Å². The Morgan fingerprint density at radius 2 is 1.53 bits per heavy atom. The highest BCUT2D eigenvalue weighted by Crippen LogP contribution is 2.28. The van der Waals surface area contributed by atoms with E-state index in [1.54, 1.807) is 0 Å². The number of hydrogen-bond donors (Lipinski definition) is 0. The second-order valence-electron chi connectivity index (χ2n) is 5.39. The Bertz CT molecular complexity index is 157. The summed E-state index contributed by atoms with van der Waals surface area (Å²) in [4.78, 5) is 2.67. The van der Waals surface area contributed by atoms with E-state index in [0.717, 1.165) is 5.25 Å². The number of halogens is 1. The maximum Gasteiger partial charge on any atom is 0.00470 e. The molecule has 0 atom stereocenters. The van der Waals surface area contributed by atoms with Crippen molar-refractivity contribution in [2.45, 2.75) is 63.0 Å². The van der Waals surface area contributed by atoms with E-state index < -0.39 is 0 Å². The second-order valence-corrected chi connectivity index (χ2v) is 6.79. The number of rotatable bonds is 5. The molecule has 1 saturated heterocycles. The van der Waals surface area contributed by atoms with Crippen LogP contribution in [0.5, 0.6) is 0 Å². The van der Waals surface area contributed by atoms with Crippen LogP contribution in [-0.2, 0) is 0 Å². The van der Waals surface area contributed by atoms with Crippen LogP contribution in [0.4, 0.5) is 0 Å². The molecule has 17 heavy (non-hydrogen) atoms. The van der Waals surface area contributed by atoms with Gasteiger partial charge in [-0.2, -0.15) is 11.8 Å². The van der Waals surface area contributed by atoms with Gasteiger partial charge in [0.25, 0.3) is 0 Å². The van der Waals surface area contributed by atoms with Crippen LogP contribution in [0.1, 0.15) is 57.8 Å². The van der Waals surface area contributed by atoms with Gasteiger partial charge in [-0.25, -0.2) is 0 Å². The first-order chi connectivity index (χ1) is 7.95. The average molecular weight is 278 g/mol. The Labute approximate surface area is 118 Å². The molecule has 0 spiro atoms. The van der Waals surface area contributed by atoms with E-state index in [0.29, 0.717) is 0 Å². The molecule has 1 aliphatic heterocycles. The Kier molecular flexibility index (Phi) is 8.77. The van der Waals surface area contributed by atoms with Gasteiger partial charge in [0.15, 0.2) is 0 Å². The predicted molar refractivity (Wildman–Crippen MR) is 81.5 cm³/mol. The lowest BCUT2D eigenvalue weighted by Gasteiger charge is -2.26. The van der Waals surface area contributed by atoms with Gasteiger partial charge in [0.1, 0.15) is 0 Å². The summed E-state index contributed by atoms with van der Waals surface area (Å²) in [6, 6.07) is 0. The molecule has 3 heteroatoms. The Morgan fingerprint density at radius 1 is 0.882 bits per heavy atom. The maximum atomic E-state index is 2.67. The quantitative estimate of drug-likeness (QED) is 0.688. The fraction of sp³-hybridized carbons (Fsp3) is 1.00. The van der Waals surface area contributed by atoms with Crippen LogP contribution in [0.15, 0.2) is 0 Å². The SMILES string of the molecule is C1CCC(SCCCN2CCCCC2)CC1.Cl. The summed E-state index contributed by atoms with van der Waals surface area (Å²) in [5.41, 5.74) is 0. The standard InChI is InChI=1S/C14H27NS.ClH/c1-3-8-14(9-4-1)16-13-7-12-15-10-5-2-6-11-15;/h14H,1-13H2;1H. The first-order valence-corrected chi connectivity index (χ1v) is 8.34. The molecule has 0 radical (unpaired) electrons. The maximum absolute atomic E-state index is 2.67. The fourth-order valence-corrected chi connectivity index (χ4v) is 4.25. The van der Waals surface area contributed by atoms with Gasteiger partial charge in [0.2, 0.25) is 0 Å². The van der Waals surface area contributed by atoms with Crippen molar-refractivity contribution in [1.82, 2.24) is 4.90 Å². The van der Waals surface area contributed by atoms with Crippen molar-refractivity contribution >= 4 is 24.2 Å². The number of likely N-dealkylation sites (tertiary alicyclic amines) is 1. The molecule has 1 saturated carbocycles. The van der Waals surface area contributed by atoms with Crippen LogP contribution < -0.4 is 0 Å². The van der Waals surface area contributed by atoms with Crippen LogP contribution in [0.25, 0.3) is 0 Å². The van der Waals surface area contributed by atoms with Crippen molar-refractivity contribution in [3.8, 4) is 0 Å². The van der Waals surface area contributed by atoms with Gasteiger partial charge in [-0.1, -0.05) is 25.7 Å². The summed E-state index contributed by atoms with van der Waals surface area (Å²) >= 11 is 2.26. The molecular formula is C14H28ClNS. The normalized spacial score (nSPS) is 23.3. The molecule has 102 valence electrons. The summed E-state index contributed by atoms with van der Waals surface area (Å²) in [5, 5.41) is 1.01. The number of nitrogens with zero attached hydrogens (tertiary/aromatic N) is 1. The molecule has 0 aromatic heterocycles. The largest absolute Gasteiger partial charge is 0.303 e. The molecule has 0 bridgehead atoms. The zero-order chi connectivity index (χ0) is 11.1. The lowest BCUT2D eigenvalue weighted by molar-refractivity contribution is 0.230. The van der Waals surface area contributed by atoms with Crippen molar-refractivity contribution in [3.05, 3.63) is 0 Å². The third-order valence-corrected chi connectivity index (χ3v) is 5.44. The first-order valence-electron chi connectivity index (χ1n) is 7.29. The number of piperidine rings is 1. The molecule has 2 rings (SSSR count). The molecule has 1 aliphatic carbocycles. The first kappa shape index (κ1) is 15.7. The highest BCUT2D eigenvalue weighted by molar-refractivity contribution is 7.99. The minimum Gasteiger partial charge on any atom is -0.303 e. The van der Waals surface area contributed by atoms with E-state index in [-0.39, 0.29) is 12.4 Å². The zero-order valence-corrected chi connectivity index (χ0v) is 12.7. The third-order valence-electron chi connectivity index (χ3n) is 3.97. The van der Waals surface area contributed by atoms with Gasteiger partial charge in [-0.15, -0.1) is 12.4 Å². The van der Waals surface area contributed by atoms with Gasteiger partial charge < -0.3 is 4.90 Å². The molecule has 0 N–H and O–H groups in total. The highest BCUT2D eigenvalue weighted by atomic mass is 35.5. The molecule has 1 nitrogen and oxygen atoms in total. The third kappa shape index (κ3) is 6.35. The summed E-state index contributed by atoms with van der Waals surface area (Å²) in [5.74, 6) is 1.40. The van der Waals surface area contributed by atoms with Gasteiger partial charge in [0, 0.05) is 5.25 Å². The molecule has 1 heterocycles. The van der Waals surface area contributed by atoms with Crippen molar-refractivity contribution in [2.24, 2.45) is 0 Å². The van der Waals surface area contributed by atoms with Crippen molar-refractivity contribution in [2.75, 3.05) is 25.4 Å². The molecule has 0 amide bonds. The van der Waals surface area contributed by atoms with Gasteiger partial charge in [-0.05, 0) is 57.5 Å². The summed E-state index contributed by atoms with van der Waals surface area (Å²) in [6.45, 7) is 4.10. The average Bonchev–Trinajstić information content (AvgIpc) is 2.37. The predicted octanol–water partition coefficient (Wildman–Crippen LogP) is 4.35. The van der Waals surface area contributed by atoms with E-state index >= 15 is 0 Å². The van der Waals surface area contributed by atoms with E-state index in [2.05, 4.69) is 16.7 Å². The van der Waals surface area contributed by atoms with Crippen LogP contribution in [0, 0.1) is 0 Å². The number of hydrogen-bond acceptors (Lipinski definition) is 2. The van der Waals surface area contributed by atoms with Crippen molar-refractivity contribution in [1.29, 1.82) is 0 Å². The minimum absolute atomic E-state index is 0. The van der Waals surface area contributed by atoms with E-state index in [1.165, 1.54) is 83.2 Å². The van der Waals surface area contributed by atoms with Crippen LogP contribution in [-0.4, -0.2) is 35.5 Å². The molecule has 2 aliphatic rings. The van der Waals surface area contributed by atoms with Crippen molar-refractivity contribution < 1.29 is 0 Å². The zero-order valence-electron chi connectivity index (χ0n) is 11.0. The topological polar surface area (TPSA) is 3.24 Å². The smallest absolute Gasteiger partial charge is 0.00470 e. The Morgan fingerprint density at radius 3 is 2.24 bits per heavy atom. The molecule has 0 unspecified atom stereocenters. The summed E-state index contributed by atoms with van der Waals surface area (Å²) in [7, 11) is 0. The Hall–Kier alpha value is 0.600. The minimum atomic E-state index is 0. The number of thioether (sulfide) groups is 1. The van der Waals surface area contributed by atoms with Gasteiger partial charge >= 0.3 is 0 Å². The molecule has 0 aromatic rings. The Balaban J connectivity index is 0.00000144. The van der Waals surface area contributed by atoms with E-state index in [4.69, 9.17) is 0 Å². The van der Waals surface area contributed by atoms with Crippen LogP contribution in [0.3, 0.4) is 0 Å². The van der Waals surface area contributed by atoms with Crippen molar-refractivity contribution in [3.63, 3.8) is 0 Å². The summed E-state index contributed by atoms with van der Waals surface area (Å²) in [6.07, 6.45) is 13.2. The second kappa shape index (κ2) is 9.52. The van der Waals surface area contributed by atoms with E-state index in [1.807, 2.05) is 0 Å². The summed E-state index contributed by atoms with van der Waals surface area (Å²) < 4.78 is 0.